The molecule has 0 saturated carbocycles. The summed E-state index contributed by atoms with van der Waals surface area (Å²) in [6.45, 7) is 0.472. The first kappa shape index (κ1) is 18.4. The zero-order valence-corrected chi connectivity index (χ0v) is 15.7. The van der Waals surface area contributed by atoms with Crippen LogP contribution >= 0.6 is 0 Å². The van der Waals surface area contributed by atoms with Crippen LogP contribution in [0.15, 0.2) is 96.4 Å². The Labute approximate surface area is 168 Å². The van der Waals surface area contributed by atoms with Crippen molar-refractivity contribution >= 4 is 22.9 Å². The summed E-state index contributed by atoms with van der Waals surface area (Å²) in [5, 5.41) is 6.39. The van der Waals surface area contributed by atoms with Gasteiger partial charge < -0.3 is 4.74 Å². The number of nitrogens with zero attached hydrogens (tertiary/aromatic N) is 2. The quantitative estimate of drug-likeness (QED) is 0.393. The predicted molar refractivity (Wildman–Crippen MR) is 114 cm³/mol. The van der Waals surface area contributed by atoms with E-state index >= 15 is 0 Å². The van der Waals surface area contributed by atoms with Crippen LogP contribution in [0.1, 0.15) is 21.5 Å². The first-order chi connectivity index (χ1) is 14.3. The van der Waals surface area contributed by atoms with Crippen LogP contribution < -0.4 is 10.2 Å². The molecule has 142 valence electrons. The lowest BCUT2D eigenvalue weighted by molar-refractivity contribution is 0.0955. The molecule has 0 aliphatic carbocycles. The molecule has 0 fully saturated rings. The molecular weight excluding hydrogens is 362 g/mol. The van der Waals surface area contributed by atoms with E-state index in [4.69, 9.17) is 4.74 Å². The summed E-state index contributed by atoms with van der Waals surface area (Å²) in [6.07, 6.45) is 4.69. The van der Waals surface area contributed by atoms with Gasteiger partial charge in [0.15, 0.2) is 0 Å². The van der Waals surface area contributed by atoms with E-state index in [-0.39, 0.29) is 5.91 Å². The molecule has 0 bridgehead atoms. The maximum Gasteiger partial charge on any atom is 0.272 e. The van der Waals surface area contributed by atoms with Crippen LogP contribution in [0, 0.1) is 0 Å². The minimum absolute atomic E-state index is 0.308. The number of pyridine rings is 1. The molecule has 3 aromatic carbocycles. The molecule has 1 aromatic heterocycles. The molecule has 5 heteroatoms. The highest BCUT2D eigenvalue weighted by molar-refractivity contribution is 5.94. The standard InChI is InChI=1S/C24H19N3O2/c28-24(20-10-5-13-25-16-20)27-26-15-18-6-3-11-22(14-18)29-17-21-9-4-8-19-7-1-2-12-23(19)21/h1-16H,17H2,(H,27,28)/b26-15-. The molecule has 29 heavy (non-hydrogen) atoms. The number of hydrogen-bond donors (Lipinski definition) is 1. The number of rotatable bonds is 6. The summed E-state index contributed by atoms with van der Waals surface area (Å²) < 4.78 is 5.98. The van der Waals surface area contributed by atoms with Crippen molar-refractivity contribution in [1.82, 2.24) is 10.4 Å². The molecular formula is C24H19N3O2. The number of carbonyl (C=O) groups excluding carboxylic acids is 1. The van der Waals surface area contributed by atoms with E-state index in [1.54, 1.807) is 24.5 Å². The lowest BCUT2D eigenvalue weighted by Gasteiger charge is -2.09. The Morgan fingerprint density at radius 1 is 1.00 bits per heavy atom. The second-order valence-corrected chi connectivity index (χ2v) is 6.44. The van der Waals surface area contributed by atoms with Gasteiger partial charge >= 0.3 is 0 Å². The van der Waals surface area contributed by atoms with Crippen molar-refractivity contribution < 1.29 is 9.53 Å². The Kier molecular flexibility index (Phi) is 5.58. The molecule has 0 saturated heterocycles. The minimum atomic E-state index is -0.308. The van der Waals surface area contributed by atoms with Crippen LogP contribution in [0.4, 0.5) is 0 Å². The highest BCUT2D eigenvalue weighted by Gasteiger charge is 2.04. The Balaban J connectivity index is 1.40. The number of hydrogen-bond acceptors (Lipinski definition) is 4. The van der Waals surface area contributed by atoms with E-state index in [0.717, 1.165) is 16.9 Å². The molecule has 0 aliphatic heterocycles. The molecule has 0 spiro atoms. The summed E-state index contributed by atoms with van der Waals surface area (Å²) in [7, 11) is 0. The van der Waals surface area contributed by atoms with Gasteiger partial charge in [-0.1, -0.05) is 54.6 Å². The smallest absolute Gasteiger partial charge is 0.272 e. The summed E-state index contributed by atoms with van der Waals surface area (Å²) in [5.74, 6) is 0.429. The van der Waals surface area contributed by atoms with Gasteiger partial charge in [-0.15, -0.1) is 0 Å². The van der Waals surface area contributed by atoms with Crippen molar-refractivity contribution in [3.63, 3.8) is 0 Å². The van der Waals surface area contributed by atoms with Crippen LogP contribution in [0.2, 0.25) is 0 Å². The van der Waals surface area contributed by atoms with Crippen molar-refractivity contribution in [3.8, 4) is 5.75 Å². The predicted octanol–water partition coefficient (Wildman–Crippen LogP) is 4.58. The topological polar surface area (TPSA) is 63.6 Å². The Morgan fingerprint density at radius 2 is 1.86 bits per heavy atom. The third kappa shape index (κ3) is 4.65. The van der Waals surface area contributed by atoms with Gasteiger partial charge in [0.25, 0.3) is 5.91 Å². The van der Waals surface area contributed by atoms with Gasteiger partial charge in [-0.25, -0.2) is 5.43 Å². The Hall–Kier alpha value is -3.99. The van der Waals surface area contributed by atoms with E-state index in [2.05, 4.69) is 39.8 Å². The summed E-state index contributed by atoms with van der Waals surface area (Å²) >= 11 is 0. The van der Waals surface area contributed by atoms with E-state index in [1.807, 2.05) is 42.5 Å². The average molecular weight is 381 g/mol. The van der Waals surface area contributed by atoms with E-state index in [0.29, 0.717) is 12.2 Å². The lowest BCUT2D eigenvalue weighted by Crippen LogP contribution is -2.17. The highest BCUT2D eigenvalue weighted by atomic mass is 16.5. The molecule has 1 amide bonds. The van der Waals surface area contributed by atoms with Crippen molar-refractivity contribution in [2.24, 2.45) is 5.10 Å². The third-order valence-corrected chi connectivity index (χ3v) is 4.44. The van der Waals surface area contributed by atoms with Crippen molar-refractivity contribution in [2.75, 3.05) is 0 Å². The summed E-state index contributed by atoms with van der Waals surface area (Å²) in [4.78, 5) is 15.9. The number of aromatic nitrogens is 1. The summed E-state index contributed by atoms with van der Waals surface area (Å²) in [6, 6.07) is 25.4. The minimum Gasteiger partial charge on any atom is -0.489 e. The van der Waals surface area contributed by atoms with Gasteiger partial charge in [0, 0.05) is 12.4 Å². The monoisotopic (exact) mass is 381 g/mol. The fourth-order valence-corrected chi connectivity index (χ4v) is 2.99. The maximum atomic E-state index is 12.0. The highest BCUT2D eigenvalue weighted by Crippen LogP contribution is 2.21. The average Bonchev–Trinajstić information content (AvgIpc) is 2.78. The molecule has 0 atom stereocenters. The SMILES string of the molecule is O=C(N/N=C\c1cccc(OCc2cccc3ccccc23)c1)c1cccnc1. The Bertz CT molecular complexity index is 1150. The van der Waals surface area contributed by atoms with Crippen LogP contribution in [0.3, 0.4) is 0 Å². The van der Waals surface area contributed by atoms with E-state index in [9.17, 15) is 4.79 Å². The van der Waals surface area contributed by atoms with Crippen LogP contribution in [0.5, 0.6) is 5.75 Å². The second kappa shape index (κ2) is 8.80. The number of amides is 1. The molecule has 0 aliphatic rings. The molecule has 0 unspecified atom stereocenters. The van der Waals surface area contributed by atoms with Gasteiger partial charge in [-0.05, 0) is 46.2 Å². The maximum absolute atomic E-state index is 12.0. The van der Waals surface area contributed by atoms with Crippen molar-refractivity contribution in [2.45, 2.75) is 6.61 Å². The normalized spacial score (nSPS) is 10.9. The van der Waals surface area contributed by atoms with Crippen LogP contribution in [-0.2, 0) is 6.61 Å². The molecule has 1 N–H and O–H groups in total. The number of nitrogens with one attached hydrogen (secondary N) is 1. The van der Waals surface area contributed by atoms with Crippen LogP contribution in [-0.4, -0.2) is 17.1 Å². The summed E-state index contributed by atoms with van der Waals surface area (Å²) in [5.41, 5.74) is 4.91. The second-order valence-electron chi connectivity index (χ2n) is 6.44. The van der Waals surface area contributed by atoms with E-state index in [1.165, 1.54) is 17.0 Å². The number of fused-ring (bicyclic) bond motifs is 1. The van der Waals surface area contributed by atoms with Crippen LogP contribution in [0.25, 0.3) is 10.8 Å². The first-order valence-electron chi connectivity index (χ1n) is 9.22. The molecule has 0 radical (unpaired) electrons. The fraction of sp³-hybridized carbons (Fsp3) is 0.0417. The molecule has 4 aromatic rings. The van der Waals surface area contributed by atoms with E-state index < -0.39 is 0 Å². The van der Waals surface area contributed by atoms with Gasteiger partial charge in [-0.3, -0.25) is 9.78 Å². The molecule has 5 nitrogen and oxygen atoms in total. The van der Waals surface area contributed by atoms with Crippen molar-refractivity contribution in [3.05, 3.63) is 108 Å². The zero-order chi connectivity index (χ0) is 19.9. The molecule has 4 rings (SSSR count). The Morgan fingerprint density at radius 3 is 2.76 bits per heavy atom. The van der Waals surface area contributed by atoms with Gasteiger partial charge in [0.2, 0.25) is 0 Å². The fourth-order valence-electron chi connectivity index (χ4n) is 2.99. The molecule has 1 heterocycles. The zero-order valence-electron chi connectivity index (χ0n) is 15.7. The van der Waals surface area contributed by atoms with Gasteiger partial charge in [0.05, 0.1) is 11.8 Å². The number of hydrazone groups is 1. The van der Waals surface area contributed by atoms with Gasteiger partial charge in [-0.2, -0.15) is 5.10 Å². The third-order valence-electron chi connectivity index (χ3n) is 4.44. The van der Waals surface area contributed by atoms with Gasteiger partial charge in [0.1, 0.15) is 12.4 Å². The number of benzene rings is 3. The lowest BCUT2D eigenvalue weighted by atomic mass is 10.1. The first-order valence-corrected chi connectivity index (χ1v) is 9.22. The number of carbonyl (C=O) groups is 1. The van der Waals surface area contributed by atoms with Crippen molar-refractivity contribution in [1.29, 1.82) is 0 Å². The number of ether oxygens (including phenoxy) is 1. The largest absolute Gasteiger partial charge is 0.489 e.